The van der Waals surface area contributed by atoms with E-state index in [0.717, 1.165) is 29.2 Å². The molecule has 1 aromatic carbocycles. The van der Waals surface area contributed by atoms with Crippen LogP contribution >= 0.6 is 11.3 Å². The van der Waals surface area contributed by atoms with E-state index in [1.54, 1.807) is 22.1 Å². The molecule has 7 nitrogen and oxygen atoms in total. The number of nitrogens with one attached hydrogen (secondary N) is 3. The minimum Gasteiger partial charge on any atom is -0.361 e. The van der Waals surface area contributed by atoms with Crippen LogP contribution in [0.2, 0.25) is 0 Å². The molecule has 3 aliphatic rings. The van der Waals surface area contributed by atoms with Crippen molar-refractivity contribution >= 4 is 23.1 Å². The van der Waals surface area contributed by atoms with Crippen LogP contribution in [0.3, 0.4) is 0 Å². The Morgan fingerprint density at radius 1 is 1.15 bits per heavy atom. The normalized spacial score (nSPS) is 17.5. The van der Waals surface area contributed by atoms with Gasteiger partial charge in [-0.2, -0.15) is 0 Å². The molecule has 1 atom stereocenters. The number of anilines is 1. The van der Waals surface area contributed by atoms with Gasteiger partial charge < -0.3 is 16.0 Å². The number of carbonyl (C=O) groups is 1. The van der Waals surface area contributed by atoms with Crippen molar-refractivity contribution in [2.75, 3.05) is 5.32 Å². The lowest BCUT2D eigenvalue weighted by Gasteiger charge is -2.15. The lowest BCUT2D eigenvalue weighted by atomic mass is 10.2. The SMILES string of the molecule is C1CC1.O=C(NCc1cc2c(s1)CNC2)C1CCc2cnc(NCc3ccccc3)c(=O)n21. The highest BCUT2D eigenvalue weighted by Crippen LogP contribution is 2.27. The van der Waals surface area contributed by atoms with E-state index in [1.807, 2.05) is 30.3 Å². The summed E-state index contributed by atoms with van der Waals surface area (Å²) in [6, 6.07) is 11.5. The molecular weight excluding hydrogens is 434 g/mol. The number of hydrogen-bond donors (Lipinski definition) is 3. The van der Waals surface area contributed by atoms with Gasteiger partial charge in [0.2, 0.25) is 5.91 Å². The average Bonchev–Trinajstić information content (AvgIpc) is 3.41. The maximum absolute atomic E-state index is 13.0. The molecule has 0 radical (unpaired) electrons. The van der Waals surface area contributed by atoms with Gasteiger partial charge >= 0.3 is 0 Å². The van der Waals surface area contributed by atoms with Crippen LogP contribution in [0.4, 0.5) is 5.82 Å². The number of benzene rings is 1. The Balaban J connectivity index is 0.000000705. The van der Waals surface area contributed by atoms with Gasteiger partial charge in [0.1, 0.15) is 6.04 Å². The lowest BCUT2D eigenvalue weighted by Crippen LogP contribution is -2.36. The predicted molar refractivity (Wildman–Crippen MR) is 130 cm³/mol. The zero-order chi connectivity index (χ0) is 22.6. The second kappa shape index (κ2) is 9.89. The highest BCUT2D eigenvalue weighted by molar-refractivity contribution is 7.12. The van der Waals surface area contributed by atoms with Crippen molar-refractivity contribution in [2.24, 2.45) is 0 Å². The average molecular weight is 464 g/mol. The third-order valence-corrected chi connectivity index (χ3v) is 7.18. The van der Waals surface area contributed by atoms with Crippen LogP contribution in [0.5, 0.6) is 0 Å². The molecule has 1 amide bonds. The van der Waals surface area contributed by atoms with Gasteiger partial charge in [-0.05, 0) is 30.0 Å². The van der Waals surface area contributed by atoms with E-state index in [-0.39, 0.29) is 17.3 Å². The summed E-state index contributed by atoms with van der Waals surface area (Å²) in [5, 5.41) is 9.46. The van der Waals surface area contributed by atoms with Crippen molar-refractivity contribution in [3.8, 4) is 0 Å². The Labute approximate surface area is 197 Å². The highest BCUT2D eigenvalue weighted by atomic mass is 32.1. The second-order valence-corrected chi connectivity index (χ2v) is 9.93. The number of amides is 1. The summed E-state index contributed by atoms with van der Waals surface area (Å²) in [5.41, 5.74) is 2.97. The summed E-state index contributed by atoms with van der Waals surface area (Å²) in [6.45, 7) is 2.82. The minimum atomic E-state index is -0.485. The third-order valence-electron chi connectivity index (χ3n) is 6.00. The maximum Gasteiger partial charge on any atom is 0.294 e. The second-order valence-electron chi connectivity index (χ2n) is 8.71. The molecule has 0 spiro atoms. The van der Waals surface area contributed by atoms with Crippen LogP contribution in [-0.4, -0.2) is 15.5 Å². The van der Waals surface area contributed by atoms with Crippen molar-refractivity contribution in [2.45, 2.75) is 64.3 Å². The summed E-state index contributed by atoms with van der Waals surface area (Å²) in [4.78, 5) is 32.7. The number of fused-ring (bicyclic) bond motifs is 2. The first kappa shape index (κ1) is 21.9. The zero-order valence-electron chi connectivity index (χ0n) is 18.6. The Morgan fingerprint density at radius 2 is 1.97 bits per heavy atom. The van der Waals surface area contributed by atoms with Crippen LogP contribution < -0.4 is 21.5 Å². The van der Waals surface area contributed by atoms with Crippen LogP contribution in [0, 0.1) is 0 Å². The van der Waals surface area contributed by atoms with Crippen LogP contribution in [0.15, 0.2) is 47.4 Å². The molecule has 1 aliphatic carbocycles. The monoisotopic (exact) mass is 463 g/mol. The fraction of sp³-hybridized carbons (Fsp3) is 0.400. The van der Waals surface area contributed by atoms with E-state index in [0.29, 0.717) is 25.9 Å². The van der Waals surface area contributed by atoms with Gasteiger partial charge in [0, 0.05) is 41.3 Å². The fourth-order valence-corrected chi connectivity index (χ4v) is 5.21. The molecule has 1 saturated carbocycles. The molecule has 3 N–H and O–H groups in total. The first-order valence-electron chi connectivity index (χ1n) is 11.7. The Kier molecular flexibility index (Phi) is 6.55. The molecule has 8 heteroatoms. The Morgan fingerprint density at radius 3 is 2.73 bits per heavy atom. The first-order chi connectivity index (χ1) is 16.2. The molecule has 33 heavy (non-hydrogen) atoms. The quantitative estimate of drug-likeness (QED) is 0.521. The molecule has 2 aliphatic heterocycles. The fourth-order valence-electron chi connectivity index (χ4n) is 4.11. The first-order valence-corrected chi connectivity index (χ1v) is 12.5. The number of hydrogen-bond acceptors (Lipinski definition) is 6. The van der Waals surface area contributed by atoms with Gasteiger partial charge in [0.25, 0.3) is 5.56 Å². The van der Waals surface area contributed by atoms with E-state index in [1.165, 1.54) is 29.7 Å². The van der Waals surface area contributed by atoms with Crippen LogP contribution in [0.25, 0.3) is 0 Å². The summed E-state index contributed by atoms with van der Waals surface area (Å²) >= 11 is 1.74. The third kappa shape index (κ3) is 5.17. The molecule has 4 heterocycles. The van der Waals surface area contributed by atoms with Gasteiger partial charge in [0.05, 0.1) is 6.54 Å². The van der Waals surface area contributed by atoms with Gasteiger partial charge in [-0.3, -0.25) is 14.2 Å². The molecule has 1 unspecified atom stereocenters. The molecule has 1 fully saturated rings. The van der Waals surface area contributed by atoms with Gasteiger partial charge in [-0.25, -0.2) is 4.98 Å². The smallest absolute Gasteiger partial charge is 0.294 e. The summed E-state index contributed by atoms with van der Waals surface area (Å²) in [6.07, 6.45) is 7.51. The van der Waals surface area contributed by atoms with Gasteiger partial charge in [-0.1, -0.05) is 49.6 Å². The standard InChI is InChI=1S/C22H23N5O2S.C3H6/c28-21(26-12-17-8-15-10-23-13-19(15)30-17)18-7-6-16-11-25-20(22(29)27(16)18)24-9-14-4-2-1-3-5-14;1-2-3-1/h1-5,8,11,18,23H,6-7,9-10,12-13H2,(H,24,25)(H,26,28);1-3H2. The maximum atomic E-state index is 13.0. The lowest BCUT2D eigenvalue weighted by molar-refractivity contribution is -0.124. The van der Waals surface area contributed by atoms with E-state index >= 15 is 0 Å². The molecule has 0 saturated heterocycles. The molecule has 2 aromatic heterocycles. The summed E-state index contributed by atoms with van der Waals surface area (Å²) < 4.78 is 1.61. The molecule has 172 valence electrons. The van der Waals surface area contributed by atoms with E-state index in [2.05, 4.69) is 27.0 Å². The number of aryl methyl sites for hydroxylation is 1. The van der Waals surface area contributed by atoms with Crippen molar-refractivity contribution in [3.63, 3.8) is 0 Å². The van der Waals surface area contributed by atoms with Crippen molar-refractivity contribution in [3.05, 3.63) is 79.5 Å². The molecular formula is C25H29N5O2S. The van der Waals surface area contributed by atoms with Crippen LogP contribution in [-0.2, 0) is 37.4 Å². The van der Waals surface area contributed by atoms with E-state index < -0.39 is 6.04 Å². The molecule has 6 rings (SSSR count). The van der Waals surface area contributed by atoms with Crippen molar-refractivity contribution < 1.29 is 4.79 Å². The predicted octanol–water partition coefficient (Wildman–Crippen LogP) is 3.49. The minimum absolute atomic E-state index is 0.109. The van der Waals surface area contributed by atoms with Crippen molar-refractivity contribution in [1.82, 2.24) is 20.2 Å². The van der Waals surface area contributed by atoms with Crippen LogP contribution in [0.1, 0.15) is 58.3 Å². The van der Waals surface area contributed by atoms with E-state index in [4.69, 9.17) is 0 Å². The Bertz CT molecular complexity index is 1160. The largest absolute Gasteiger partial charge is 0.361 e. The highest BCUT2D eigenvalue weighted by Gasteiger charge is 2.30. The Hall–Kier alpha value is -2.97. The number of nitrogens with zero attached hydrogens (tertiary/aromatic N) is 2. The van der Waals surface area contributed by atoms with E-state index in [9.17, 15) is 9.59 Å². The molecule has 0 bridgehead atoms. The van der Waals surface area contributed by atoms with Crippen molar-refractivity contribution in [1.29, 1.82) is 0 Å². The van der Waals surface area contributed by atoms with Gasteiger partial charge in [0.15, 0.2) is 5.82 Å². The topological polar surface area (TPSA) is 88.1 Å². The summed E-state index contributed by atoms with van der Waals surface area (Å²) in [5.74, 6) is 0.173. The molecule has 3 aromatic rings. The summed E-state index contributed by atoms with van der Waals surface area (Å²) in [7, 11) is 0. The number of aromatic nitrogens is 2. The van der Waals surface area contributed by atoms with Gasteiger partial charge in [-0.15, -0.1) is 11.3 Å². The number of thiophene rings is 1. The zero-order valence-corrected chi connectivity index (χ0v) is 19.4. The number of rotatable bonds is 6. The number of carbonyl (C=O) groups excluding carboxylic acids is 1.